The summed E-state index contributed by atoms with van der Waals surface area (Å²) in [5.74, 6) is 0. The number of unbranched alkanes of at least 4 members (excludes halogenated alkanes) is 1. The van der Waals surface area contributed by atoms with Crippen LogP contribution in [0.25, 0.3) is 0 Å². The van der Waals surface area contributed by atoms with E-state index in [1.54, 1.807) is 0 Å². The summed E-state index contributed by atoms with van der Waals surface area (Å²) in [7, 11) is -3.86. The molecule has 0 saturated heterocycles. The van der Waals surface area contributed by atoms with Crippen molar-refractivity contribution in [2.45, 2.75) is 26.2 Å². The average molecular weight is 258 g/mol. The molecule has 0 heterocycles. The van der Waals surface area contributed by atoms with Crippen LogP contribution in [0.2, 0.25) is 0 Å². The van der Waals surface area contributed by atoms with E-state index in [4.69, 9.17) is 9.05 Å². The van der Waals surface area contributed by atoms with Crippen molar-refractivity contribution in [2.24, 2.45) is 0 Å². The molecule has 1 rings (SSSR count). The van der Waals surface area contributed by atoms with Crippen LogP contribution >= 0.6 is 7.82 Å². The van der Waals surface area contributed by atoms with Gasteiger partial charge < -0.3 is 4.89 Å². The van der Waals surface area contributed by atoms with Crippen molar-refractivity contribution >= 4 is 7.82 Å². The highest BCUT2D eigenvalue weighted by molar-refractivity contribution is 7.47. The Morgan fingerprint density at radius 3 is 2.47 bits per heavy atom. The maximum Gasteiger partial charge on any atom is 0.472 e. The minimum absolute atomic E-state index is 0.184. The first kappa shape index (κ1) is 14.4. The summed E-state index contributed by atoms with van der Waals surface area (Å²) in [5.41, 5.74) is 1.07. The Bertz CT molecular complexity index is 353. The average Bonchev–Trinajstić information content (AvgIpc) is 2.30. The Morgan fingerprint density at radius 1 is 1.18 bits per heavy atom. The first-order valence-electron chi connectivity index (χ1n) is 5.80. The second-order valence-electron chi connectivity index (χ2n) is 3.72. The first-order chi connectivity index (χ1) is 8.14. The molecule has 96 valence electrons. The van der Waals surface area contributed by atoms with Gasteiger partial charge in [0.15, 0.2) is 0 Å². The van der Waals surface area contributed by atoms with E-state index in [1.165, 1.54) is 0 Å². The molecule has 4 nitrogen and oxygen atoms in total. The zero-order valence-corrected chi connectivity index (χ0v) is 10.9. The maximum absolute atomic E-state index is 11.4. The molecule has 0 amide bonds. The lowest BCUT2D eigenvalue weighted by molar-refractivity contribution is 0.149. The van der Waals surface area contributed by atoms with Crippen molar-refractivity contribution in [1.82, 2.24) is 0 Å². The Balaban J connectivity index is 2.23. The van der Waals surface area contributed by atoms with Gasteiger partial charge in [-0.1, -0.05) is 43.7 Å². The van der Waals surface area contributed by atoms with E-state index < -0.39 is 7.82 Å². The van der Waals surface area contributed by atoms with Crippen LogP contribution in [0.15, 0.2) is 30.3 Å². The topological polar surface area (TPSA) is 55.8 Å². The molecule has 1 aromatic rings. The molecule has 0 spiro atoms. The third-order valence-corrected chi connectivity index (χ3v) is 3.26. The van der Waals surface area contributed by atoms with Crippen molar-refractivity contribution in [3.63, 3.8) is 0 Å². The summed E-state index contributed by atoms with van der Waals surface area (Å²) in [5, 5.41) is 0. The van der Waals surface area contributed by atoms with E-state index in [2.05, 4.69) is 0 Å². The van der Waals surface area contributed by atoms with Gasteiger partial charge in [-0.25, -0.2) is 4.57 Å². The number of hydrogen-bond acceptors (Lipinski definition) is 3. The fraction of sp³-hybridized carbons (Fsp3) is 0.500. The summed E-state index contributed by atoms with van der Waals surface area (Å²) < 4.78 is 21.1. The van der Waals surface area contributed by atoms with Crippen LogP contribution in [0.1, 0.15) is 25.3 Å². The predicted molar refractivity (Wildman–Crippen MR) is 66.8 cm³/mol. The largest absolute Gasteiger partial charge is 0.472 e. The molecular weight excluding hydrogens is 239 g/mol. The minimum Gasteiger partial charge on any atom is -0.302 e. The maximum atomic E-state index is 11.4. The summed E-state index contributed by atoms with van der Waals surface area (Å²) in [6.45, 7) is 2.43. The lowest BCUT2D eigenvalue weighted by atomic mass is 10.2. The highest BCUT2D eigenvalue weighted by Gasteiger charge is 2.19. The van der Waals surface area contributed by atoms with Gasteiger partial charge in [0.05, 0.1) is 13.2 Å². The van der Waals surface area contributed by atoms with Crippen LogP contribution in [0.4, 0.5) is 0 Å². The lowest BCUT2D eigenvalue weighted by Crippen LogP contribution is -2.00. The third-order valence-electron chi connectivity index (χ3n) is 2.24. The van der Waals surface area contributed by atoms with Crippen LogP contribution in [-0.2, 0) is 20.0 Å². The number of phosphoric acid groups is 1. The Hall–Kier alpha value is -0.670. The Kier molecular flexibility index (Phi) is 6.45. The lowest BCUT2D eigenvalue weighted by Gasteiger charge is -2.11. The second kappa shape index (κ2) is 7.62. The molecule has 0 radical (unpaired) electrons. The van der Waals surface area contributed by atoms with Crippen LogP contribution in [0.3, 0.4) is 0 Å². The van der Waals surface area contributed by atoms with Crippen molar-refractivity contribution in [1.29, 1.82) is 0 Å². The van der Waals surface area contributed by atoms with Gasteiger partial charge in [0.25, 0.3) is 0 Å². The van der Waals surface area contributed by atoms with E-state index in [0.29, 0.717) is 6.42 Å². The fourth-order valence-electron chi connectivity index (χ4n) is 1.29. The highest BCUT2D eigenvalue weighted by atomic mass is 31.2. The summed E-state index contributed by atoms with van der Waals surface area (Å²) >= 11 is 0. The van der Waals surface area contributed by atoms with Crippen LogP contribution in [-0.4, -0.2) is 18.1 Å². The van der Waals surface area contributed by atoms with Crippen LogP contribution in [0, 0.1) is 0 Å². The standard InChI is InChI=1S/C12H19O4P/c1-2-3-10-15-17(13,14)16-11-9-12-7-5-4-6-8-12/h4-8H,2-3,9-11H2,1H3,(H,13,14). The van der Waals surface area contributed by atoms with Gasteiger partial charge in [0.1, 0.15) is 0 Å². The SMILES string of the molecule is CCCCOP(=O)(O)OCCc1ccccc1. The normalized spacial score (nSPS) is 14.5. The van der Waals surface area contributed by atoms with E-state index in [1.807, 2.05) is 37.3 Å². The molecule has 0 saturated carbocycles. The molecule has 0 fully saturated rings. The summed E-state index contributed by atoms with van der Waals surface area (Å²) in [6.07, 6.45) is 2.28. The quantitative estimate of drug-likeness (QED) is 0.574. The molecule has 0 aromatic heterocycles. The van der Waals surface area contributed by atoms with Crippen molar-refractivity contribution < 1.29 is 18.5 Å². The number of hydrogen-bond donors (Lipinski definition) is 1. The van der Waals surface area contributed by atoms with Crippen LogP contribution in [0.5, 0.6) is 0 Å². The highest BCUT2D eigenvalue weighted by Crippen LogP contribution is 2.43. The molecule has 0 bridgehead atoms. The van der Waals surface area contributed by atoms with Gasteiger partial charge in [-0.2, -0.15) is 0 Å². The first-order valence-corrected chi connectivity index (χ1v) is 7.29. The molecule has 0 aliphatic rings. The third kappa shape index (κ3) is 6.59. The van der Waals surface area contributed by atoms with Gasteiger partial charge >= 0.3 is 7.82 Å². The molecule has 0 aliphatic carbocycles. The van der Waals surface area contributed by atoms with E-state index in [9.17, 15) is 9.46 Å². The van der Waals surface area contributed by atoms with Crippen LogP contribution < -0.4 is 0 Å². The predicted octanol–water partition coefficient (Wildman–Crippen LogP) is 3.16. The number of benzene rings is 1. The number of rotatable bonds is 8. The zero-order chi connectivity index (χ0) is 12.6. The second-order valence-corrected chi connectivity index (χ2v) is 5.18. The molecule has 0 aliphatic heterocycles. The zero-order valence-electron chi connectivity index (χ0n) is 10.0. The van der Waals surface area contributed by atoms with E-state index in [0.717, 1.165) is 18.4 Å². The number of phosphoric ester groups is 1. The molecule has 1 unspecified atom stereocenters. The van der Waals surface area contributed by atoms with Gasteiger partial charge in [-0.05, 0) is 18.4 Å². The monoisotopic (exact) mass is 258 g/mol. The molecule has 1 atom stereocenters. The van der Waals surface area contributed by atoms with Gasteiger partial charge in [-0.3, -0.25) is 9.05 Å². The molecular formula is C12H19O4P. The van der Waals surface area contributed by atoms with Gasteiger partial charge in [0.2, 0.25) is 0 Å². The molecule has 5 heteroatoms. The Morgan fingerprint density at radius 2 is 1.82 bits per heavy atom. The van der Waals surface area contributed by atoms with E-state index in [-0.39, 0.29) is 13.2 Å². The fourth-order valence-corrected chi connectivity index (χ4v) is 2.04. The van der Waals surface area contributed by atoms with Crippen molar-refractivity contribution in [2.75, 3.05) is 13.2 Å². The summed E-state index contributed by atoms with van der Waals surface area (Å²) in [6, 6.07) is 9.67. The van der Waals surface area contributed by atoms with Gasteiger partial charge in [-0.15, -0.1) is 0 Å². The molecule has 1 N–H and O–H groups in total. The van der Waals surface area contributed by atoms with Crippen molar-refractivity contribution in [3.05, 3.63) is 35.9 Å². The van der Waals surface area contributed by atoms with Gasteiger partial charge in [0, 0.05) is 0 Å². The molecule has 17 heavy (non-hydrogen) atoms. The summed E-state index contributed by atoms with van der Waals surface area (Å²) in [4.78, 5) is 9.33. The Labute approximate surface area is 102 Å². The smallest absolute Gasteiger partial charge is 0.302 e. The van der Waals surface area contributed by atoms with E-state index >= 15 is 0 Å². The van der Waals surface area contributed by atoms with Crippen molar-refractivity contribution in [3.8, 4) is 0 Å². The molecule has 1 aromatic carbocycles. The minimum atomic E-state index is -3.86.